The van der Waals surface area contributed by atoms with E-state index in [0.717, 1.165) is 4.47 Å². The Kier molecular flexibility index (Phi) is 7.02. The third-order valence-electron chi connectivity index (χ3n) is 2.71. The van der Waals surface area contributed by atoms with Crippen molar-refractivity contribution in [3.8, 4) is 11.5 Å². The number of hydrogen-bond donors (Lipinski definition) is 3. The molecule has 0 bridgehead atoms. The van der Waals surface area contributed by atoms with Gasteiger partial charge >= 0.3 is 0 Å². The summed E-state index contributed by atoms with van der Waals surface area (Å²) in [4.78, 5) is 11.8. The van der Waals surface area contributed by atoms with Crippen LogP contribution < -0.4 is 15.4 Å². The maximum atomic E-state index is 11.8. The van der Waals surface area contributed by atoms with Gasteiger partial charge in [0.05, 0.1) is 8.95 Å². The average molecular weight is 539 g/mol. The number of thiocarbonyl (C=S) groups is 1. The lowest BCUT2D eigenvalue weighted by molar-refractivity contribution is -0.121. The van der Waals surface area contributed by atoms with Crippen LogP contribution in [0.15, 0.2) is 49.8 Å². The van der Waals surface area contributed by atoms with E-state index in [0.29, 0.717) is 20.4 Å². The molecule has 2 aromatic rings. The number of phenolic OH excluding ortho intramolecular Hbond substituents is 1. The van der Waals surface area contributed by atoms with Gasteiger partial charge in [0.2, 0.25) is 0 Å². The van der Waals surface area contributed by atoms with E-state index in [1.165, 1.54) is 0 Å². The maximum absolute atomic E-state index is 11.8. The lowest BCUT2D eigenvalue weighted by Crippen LogP contribution is -2.37. The van der Waals surface area contributed by atoms with E-state index in [4.69, 9.17) is 17.0 Å². The average Bonchev–Trinajstić information content (AvgIpc) is 2.52. The minimum absolute atomic E-state index is 0.0819. The first-order valence-electron chi connectivity index (χ1n) is 6.52. The number of ether oxygens (including phenoxy) is 1. The molecule has 0 heterocycles. The van der Waals surface area contributed by atoms with Crippen LogP contribution in [0.5, 0.6) is 11.5 Å². The van der Waals surface area contributed by atoms with Gasteiger partial charge in [-0.05, 0) is 80.5 Å². The zero-order valence-electron chi connectivity index (χ0n) is 12.0. The van der Waals surface area contributed by atoms with Crippen LogP contribution in [0, 0.1) is 0 Å². The lowest BCUT2D eigenvalue weighted by Gasteiger charge is -2.12. The molecule has 3 N–H and O–H groups in total. The van der Waals surface area contributed by atoms with Crippen molar-refractivity contribution in [2.24, 2.45) is 0 Å². The molecule has 9 heteroatoms. The Bertz CT molecular complexity index is 746. The predicted octanol–water partition coefficient (Wildman–Crippen LogP) is 4.57. The highest BCUT2D eigenvalue weighted by atomic mass is 79.9. The predicted molar refractivity (Wildman–Crippen MR) is 108 cm³/mol. The molecule has 0 atom stereocenters. The topological polar surface area (TPSA) is 70.6 Å². The summed E-state index contributed by atoms with van der Waals surface area (Å²) in [7, 11) is 0. The lowest BCUT2D eigenvalue weighted by atomic mass is 10.3. The Labute approximate surface area is 169 Å². The number of phenols is 1. The molecule has 1 amide bonds. The minimum Gasteiger partial charge on any atom is -0.506 e. The van der Waals surface area contributed by atoms with E-state index in [-0.39, 0.29) is 23.4 Å². The van der Waals surface area contributed by atoms with Crippen LogP contribution in [0.3, 0.4) is 0 Å². The first kappa shape index (κ1) is 19.2. The minimum atomic E-state index is -0.382. The highest BCUT2D eigenvalue weighted by molar-refractivity contribution is 9.11. The molecule has 0 saturated carbocycles. The van der Waals surface area contributed by atoms with E-state index in [9.17, 15) is 9.90 Å². The summed E-state index contributed by atoms with van der Waals surface area (Å²) in [5, 5.41) is 15.2. The van der Waals surface area contributed by atoms with Crippen molar-refractivity contribution in [2.75, 3.05) is 11.9 Å². The van der Waals surface area contributed by atoms with E-state index in [1.54, 1.807) is 24.3 Å². The standard InChI is InChI=1S/C15H11Br3N2O3S/c16-8-1-3-10(4-2-8)23-7-13(21)20-15(24)19-9-5-11(17)14(22)12(18)6-9/h1-6,22H,7H2,(H2,19,20,21,24). The fourth-order valence-corrected chi connectivity index (χ4v) is 3.32. The number of carbonyl (C=O) groups excluding carboxylic acids is 1. The van der Waals surface area contributed by atoms with Gasteiger partial charge in [-0.3, -0.25) is 10.1 Å². The molecule has 0 unspecified atom stereocenters. The quantitative estimate of drug-likeness (QED) is 0.393. The molecule has 0 aliphatic carbocycles. The van der Waals surface area contributed by atoms with E-state index in [2.05, 4.69) is 58.4 Å². The summed E-state index contributed by atoms with van der Waals surface area (Å²) >= 11 is 14.8. The van der Waals surface area contributed by atoms with Crippen molar-refractivity contribution in [3.63, 3.8) is 0 Å². The summed E-state index contributed by atoms with van der Waals surface area (Å²) in [5.41, 5.74) is 0.602. The number of carbonyl (C=O) groups is 1. The zero-order chi connectivity index (χ0) is 17.7. The summed E-state index contributed by atoms with van der Waals surface area (Å²) in [6, 6.07) is 10.4. The molecule has 0 aliphatic heterocycles. The maximum Gasteiger partial charge on any atom is 0.264 e. The van der Waals surface area contributed by atoms with Crippen molar-refractivity contribution < 1.29 is 14.6 Å². The molecule has 0 fully saturated rings. The van der Waals surface area contributed by atoms with Gasteiger partial charge in [-0.15, -0.1) is 0 Å². The molecule has 24 heavy (non-hydrogen) atoms. The fourth-order valence-electron chi connectivity index (χ4n) is 1.64. The van der Waals surface area contributed by atoms with Crippen LogP contribution in [-0.4, -0.2) is 22.7 Å². The van der Waals surface area contributed by atoms with Gasteiger partial charge < -0.3 is 15.2 Å². The first-order valence-corrected chi connectivity index (χ1v) is 9.31. The molecule has 126 valence electrons. The monoisotopic (exact) mass is 536 g/mol. The third kappa shape index (κ3) is 5.73. The smallest absolute Gasteiger partial charge is 0.264 e. The van der Waals surface area contributed by atoms with Gasteiger partial charge in [0, 0.05) is 10.2 Å². The Morgan fingerprint density at radius 3 is 2.29 bits per heavy atom. The van der Waals surface area contributed by atoms with Crippen LogP contribution in [0.1, 0.15) is 0 Å². The van der Waals surface area contributed by atoms with Gasteiger partial charge in [-0.1, -0.05) is 15.9 Å². The number of rotatable bonds is 4. The second kappa shape index (κ2) is 8.80. The molecule has 0 spiro atoms. The number of hydrogen-bond acceptors (Lipinski definition) is 4. The number of aromatic hydroxyl groups is 1. The summed E-state index contributed by atoms with van der Waals surface area (Å²) in [6.07, 6.45) is 0. The largest absolute Gasteiger partial charge is 0.506 e. The number of benzene rings is 2. The molecule has 5 nitrogen and oxygen atoms in total. The zero-order valence-corrected chi connectivity index (χ0v) is 17.6. The van der Waals surface area contributed by atoms with Gasteiger partial charge in [0.1, 0.15) is 11.5 Å². The fraction of sp³-hybridized carbons (Fsp3) is 0.0667. The molecular weight excluding hydrogens is 528 g/mol. The van der Waals surface area contributed by atoms with Gasteiger partial charge in [-0.2, -0.15) is 0 Å². The van der Waals surface area contributed by atoms with Crippen LogP contribution in [0.2, 0.25) is 0 Å². The normalized spacial score (nSPS) is 10.1. The Hall–Kier alpha value is -1.16. The molecule has 2 aromatic carbocycles. The van der Waals surface area contributed by atoms with Crippen LogP contribution >= 0.6 is 60.0 Å². The second-order valence-electron chi connectivity index (χ2n) is 4.53. The van der Waals surface area contributed by atoms with Crippen molar-refractivity contribution in [1.82, 2.24) is 5.32 Å². The van der Waals surface area contributed by atoms with Crippen LogP contribution in [-0.2, 0) is 4.79 Å². The molecule has 0 aliphatic rings. The van der Waals surface area contributed by atoms with Crippen molar-refractivity contribution in [1.29, 1.82) is 0 Å². The van der Waals surface area contributed by atoms with Crippen molar-refractivity contribution in [3.05, 3.63) is 49.8 Å². The highest BCUT2D eigenvalue weighted by Gasteiger charge is 2.09. The summed E-state index contributed by atoms with van der Waals surface area (Å²) in [5.74, 6) is 0.282. The molecule has 2 rings (SSSR count). The Morgan fingerprint density at radius 2 is 1.71 bits per heavy atom. The SMILES string of the molecule is O=C(COc1ccc(Br)cc1)NC(=S)Nc1cc(Br)c(O)c(Br)c1. The highest BCUT2D eigenvalue weighted by Crippen LogP contribution is 2.35. The van der Waals surface area contributed by atoms with Crippen molar-refractivity contribution in [2.45, 2.75) is 0 Å². The molecular formula is C15H11Br3N2O3S. The molecule has 0 radical (unpaired) electrons. The van der Waals surface area contributed by atoms with Crippen LogP contribution in [0.4, 0.5) is 5.69 Å². The number of nitrogens with one attached hydrogen (secondary N) is 2. The first-order chi connectivity index (χ1) is 11.3. The third-order valence-corrected chi connectivity index (χ3v) is 4.65. The number of anilines is 1. The van der Waals surface area contributed by atoms with E-state index >= 15 is 0 Å². The van der Waals surface area contributed by atoms with Gasteiger partial charge in [-0.25, -0.2) is 0 Å². The number of amides is 1. The molecule has 0 saturated heterocycles. The van der Waals surface area contributed by atoms with E-state index in [1.807, 2.05) is 12.1 Å². The van der Waals surface area contributed by atoms with Crippen LogP contribution in [0.25, 0.3) is 0 Å². The summed E-state index contributed by atoms with van der Waals surface area (Å²) < 4.78 is 7.27. The van der Waals surface area contributed by atoms with Crippen molar-refractivity contribution >= 4 is 76.7 Å². The van der Waals surface area contributed by atoms with Gasteiger partial charge in [0.15, 0.2) is 11.7 Å². The summed E-state index contributed by atoms with van der Waals surface area (Å²) in [6.45, 7) is -0.160. The number of halogens is 3. The Balaban J connectivity index is 1.85. The Morgan fingerprint density at radius 1 is 1.12 bits per heavy atom. The van der Waals surface area contributed by atoms with Gasteiger partial charge in [0.25, 0.3) is 5.91 Å². The molecule has 0 aromatic heterocycles. The van der Waals surface area contributed by atoms with E-state index < -0.39 is 0 Å². The second-order valence-corrected chi connectivity index (χ2v) is 7.57.